The van der Waals surface area contributed by atoms with Crippen LogP contribution in [0.1, 0.15) is 39.0 Å². The predicted molar refractivity (Wildman–Crippen MR) is 91.5 cm³/mol. The lowest BCUT2D eigenvalue weighted by atomic mass is 10.0. The second-order valence-corrected chi connectivity index (χ2v) is 6.53. The molecule has 0 aromatic heterocycles. The molecule has 23 heavy (non-hydrogen) atoms. The number of rotatable bonds is 4. The highest BCUT2D eigenvalue weighted by molar-refractivity contribution is 6.02. The van der Waals surface area contributed by atoms with Crippen LogP contribution in [0.15, 0.2) is 24.3 Å². The molecule has 1 aromatic rings. The summed E-state index contributed by atoms with van der Waals surface area (Å²) in [6, 6.07) is 8.04. The van der Waals surface area contributed by atoms with Crippen LogP contribution >= 0.6 is 0 Å². The molecule has 5 nitrogen and oxygen atoms in total. The van der Waals surface area contributed by atoms with E-state index in [-0.39, 0.29) is 11.8 Å². The van der Waals surface area contributed by atoms with Gasteiger partial charge in [0.15, 0.2) is 0 Å². The van der Waals surface area contributed by atoms with Crippen LogP contribution in [0.25, 0.3) is 0 Å². The number of hydrogen-bond donors (Lipinski definition) is 1. The third-order valence-electron chi connectivity index (χ3n) is 4.83. The predicted octanol–water partition coefficient (Wildman–Crippen LogP) is 2.63. The molecule has 0 radical (unpaired) electrons. The quantitative estimate of drug-likeness (QED) is 0.929. The molecule has 2 fully saturated rings. The largest absolute Gasteiger partial charge is 0.323 e. The van der Waals surface area contributed by atoms with Gasteiger partial charge in [0.05, 0.1) is 17.9 Å². The van der Waals surface area contributed by atoms with E-state index in [0.29, 0.717) is 19.0 Å². The van der Waals surface area contributed by atoms with Gasteiger partial charge in [0, 0.05) is 19.0 Å². The average molecular weight is 315 g/mol. The molecule has 5 heteroatoms. The molecule has 1 atom stereocenters. The number of carbonyl (C=O) groups is 2. The van der Waals surface area contributed by atoms with Crippen LogP contribution < -0.4 is 10.2 Å². The van der Waals surface area contributed by atoms with E-state index < -0.39 is 0 Å². The molecular weight excluding hydrogens is 290 g/mol. The van der Waals surface area contributed by atoms with Gasteiger partial charge < -0.3 is 10.2 Å². The van der Waals surface area contributed by atoms with Crippen LogP contribution in [0.4, 0.5) is 11.4 Å². The minimum atomic E-state index is -0.00199. The Morgan fingerprint density at radius 3 is 2.78 bits per heavy atom. The Labute approximate surface area is 137 Å². The number of piperidine rings is 1. The number of para-hydroxylation sites is 2. The summed E-state index contributed by atoms with van der Waals surface area (Å²) < 4.78 is 0. The molecular formula is C18H25N3O2. The van der Waals surface area contributed by atoms with Crippen molar-refractivity contribution in [2.24, 2.45) is 0 Å². The molecule has 0 aliphatic carbocycles. The van der Waals surface area contributed by atoms with Gasteiger partial charge in [-0.3, -0.25) is 14.5 Å². The maximum atomic E-state index is 12.4. The van der Waals surface area contributed by atoms with E-state index in [9.17, 15) is 9.59 Å². The van der Waals surface area contributed by atoms with Gasteiger partial charge in [0.25, 0.3) is 0 Å². The standard InChI is InChI=1S/C18H25N3O2/c1-14-7-4-5-11-20(14)13-17(22)19-15-8-2-3-9-16(15)21-12-6-10-18(21)23/h2-3,8-9,14H,4-7,10-13H2,1H3,(H,19,22)/t14-/m0/s1. The second kappa shape index (κ2) is 7.13. The number of hydrogen-bond acceptors (Lipinski definition) is 3. The van der Waals surface area contributed by atoms with Crippen molar-refractivity contribution in [2.75, 3.05) is 29.9 Å². The summed E-state index contributed by atoms with van der Waals surface area (Å²) in [5.74, 6) is 0.134. The Balaban J connectivity index is 1.67. The van der Waals surface area contributed by atoms with Crippen molar-refractivity contribution < 1.29 is 9.59 Å². The SMILES string of the molecule is C[C@H]1CCCCN1CC(=O)Nc1ccccc1N1CCCC1=O. The van der Waals surface area contributed by atoms with Crippen LogP contribution in [-0.4, -0.2) is 42.4 Å². The minimum absolute atomic E-state index is 0.00199. The molecule has 1 N–H and O–H groups in total. The molecule has 1 aromatic carbocycles. The highest BCUT2D eigenvalue weighted by Crippen LogP contribution is 2.29. The smallest absolute Gasteiger partial charge is 0.238 e. The van der Waals surface area contributed by atoms with Crippen molar-refractivity contribution in [3.05, 3.63) is 24.3 Å². The maximum Gasteiger partial charge on any atom is 0.238 e. The lowest BCUT2D eigenvalue weighted by molar-refractivity contribution is -0.118. The van der Waals surface area contributed by atoms with Crippen molar-refractivity contribution in [3.8, 4) is 0 Å². The van der Waals surface area contributed by atoms with Gasteiger partial charge in [-0.15, -0.1) is 0 Å². The molecule has 2 aliphatic rings. The molecule has 0 saturated carbocycles. The van der Waals surface area contributed by atoms with E-state index in [1.807, 2.05) is 24.3 Å². The van der Waals surface area contributed by atoms with Gasteiger partial charge in [-0.25, -0.2) is 0 Å². The first-order chi connectivity index (χ1) is 11.1. The zero-order valence-electron chi connectivity index (χ0n) is 13.8. The number of nitrogens with one attached hydrogen (secondary N) is 1. The lowest BCUT2D eigenvalue weighted by Crippen LogP contribution is -2.42. The normalized spacial score (nSPS) is 22.4. The van der Waals surface area contributed by atoms with Crippen molar-refractivity contribution in [1.29, 1.82) is 0 Å². The van der Waals surface area contributed by atoms with E-state index in [2.05, 4.69) is 17.1 Å². The number of amides is 2. The molecule has 124 valence electrons. The maximum absolute atomic E-state index is 12.4. The van der Waals surface area contributed by atoms with Crippen LogP contribution in [0.3, 0.4) is 0 Å². The van der Waals surface area contributed by atoms with Gasteiger partial charge >= 0.3 is 0 Å². The Kier molecular flexibility index (Phi) is 4.96. The summed E-state index contributed by atoms with van der Waals surface area (Å²) in [6.45, 7) is 4.32. The second-order valence-electron chi connectivity index (χ2n) is 6.53. The highest BCUT2D eigenvalue weighted by Gasteiger charge is 2.25. The van der Waals surface area contributed by atoms with Gasteiger partial charge in [0.2, 0.25) is 11.8 Å². The third-order valence-corrected chi connectivity index (χ3v) is 4.83. The number of anilines is 2. The van der Waals surface area contributed by atoms with Crippen LogP contribution in [-0.2, 0) is 9.59 Å². The molecule has 2 saturated heterocycles. The molecule has 0 spiro atoms. The van der Waals surface area contributed by atoms with Gasteiger partial charge in [-0.2, -0.15) is 0 Å². The van der Waals surface area contributed by atoms with Crippen LogP contribution in [0.2, 0.25) is 0 Å². The minimum Gasteiger partial charge on any atom is -0.323 e. The van der Waals surface area contributed by atoms with Gasteiger partial charge in [-0.05, 0) is 44.9 Å². The van der Waals surface area contributed by atoms with E-state index in [4.69, 9.17) is 0 Å². The molecule has 0 unspecified atom stereocenters. The van der Waals surface area contributed by atoms with Crippen molar-refractivity contribution in [2.45, 2.75) is 45.1 Å². The zero-order valence-corrected chi connectivity index (χ0v) is 13.8. The Hall–Kier alpha value is -1.88. The molecule has 3 rings (SSSR count). The summed E-state index contributed by atoms with van der Waals surface area (Å²) in [7, 11) is 0. The fourth-order valence-electron chi connectivity index (χ4n) is 3.48. The molecule has 2 amide bonds. The Morgan fingerprint density at radius 1 is 1.22 bits per heavy atom. The third kappa shape index (κ3) is 3.72. The van der Waals surface area contributed by atoms with Crippen molar-refractivity contribution in [1.82, 2.24) is 4.90 Å². The number of likely N-dealkylation sites (tertiary alicyclic amines) is 1. The number of nitrogens with zero attached hydrogens (tertiary/aromatic N) is 2. The fraction of sp³-hybridized carbons (Fsp3) is 0.556. The van der Waals surface area contributed by atoms with Crippen LogP contribution in [0, 0.1) is 0 Å². The zero-order chi connectivity index (χ0) is 16.2. The van der Waals surface area contributed by atoms with Crippen molar-refractivity contribution in [3.63, 3.8) is 0 Å². The van der Waals surface area contributed by atoms with E-state index >= 15 is 0 Å². The molecule has 2 heterocycles. The highest BCUT2D eigenvalue weighted by atomic mass is 16.2. The van der Waals surface area contributed by atoms with Gasteiger partial charge in [0.1, 0.15) is 0 Å². The average Bonchev–Trinajstić information content (AvgIpc) is 2.96. The first kappa shape index (κ1) is 16.0. The summed E-state index contributed by atoms with van der Waals surface area (Å²) in [5.41, 5.74) is 1.55. The summed E-state index contributed by atoms with van der Waals surface area (Å²) in [4.78, 5) is 28.4. The Bertz CT molecular complexity index is 587. The molecule has 2 aliphatic heterocycles. The topological polar surface area (TPSA) is 52.7 Å². The molecule has 0 bridgehead atoms. The summed E-state index contributed by atoms with van der Waals surface area (Å²) in [6.07, 6.45) is 5.04. The first-order valence-electron chi connectivity index (χ1n) is 8.58. The number of carbonyl (C=O) groups excluding carboxylic acids is 2. The lowest BCUT2D eigenvalue weighted by Gasteiger charge is -2.32. The Morgan fingerprint density at radius 2 is 2.04 bits per heavy atom. The van der Waals surface area contributed by atoms with Crippen LogP contribution in [0.5, 0.6) is 0 Å². The number of benzene rings is 1. The summed E-state index contributed by atoms with van der Waals surface area (Å²) >= 11 is 0. The monoisotopic (exact) mass is 315 g/mol. The van der Waals surface area contributed by atoms with Gasteiger partial charge in [-0.1, -0.05) is 18.6 Å². The van der Waals surface area contributed by atoms with E-state index in [1.54, 1.807) is 4.90 Å². The fourth-order valence-corrected chi connectivity index (χ4v) is 3.48. The first-order valence-corrected chi connectivity index (χ1v) is 8.58. The van der Waals surface area contributed by atoms with E-state index in [0.717, 1.165) is 43.7 Å². The van der Waals surface area contributed by atoms with E-state index in [1.165, 1.54) is 6.42 Å². The van der Waals surface area contributed by atoms with Crippen molar-refractivity contribution >= 4 is 23.2 Å². The summed E-state index contributed by atoms with van der Waals surface area (Å²) in [5, 5.41) is 3.00.